The first-order valence-electron chi connectivity index (χ1n) is 8.53. The predicted octanol–water partition coefficient (Wildman–Crippen LogP) is 1.79. The molecule has 2 aliphatic heterocycles. The van der Waals surface area contributed by atoms with Crippen LogP contribution < -0.4 is 10.4 Å². The number of aliphatic hydroxyl groups is 1. The van der Waals surface area contributed by atoms with E-state index in [4.69, 9.17) is 18.6 Å². The van der Waals surface area contributed by atoms with Gasteiger partial charge in [0.2, 0.25) is 0 Å². The average molecular weight is 360 g/mol. The van der Waals surface area contributed by atoms with Crippen LogP contribution in [0.5, 0.6) is 5.75 Å². The van der Waals surface area contributed by atoms with Crippen LogP contribution in [0.3, 0.4) is 0 Å². The van der Waals surface area contributed by atoms with Crippen LogP contribution in [-0.2, 0) is 14.3 Å². The summed E-state index contributed by atoms with van der Waals surface area (Å²) in [5, 5.41) is 10.7. The SMILES string of the molecule is C[C@]1(O)C[C@H](C[C@@]2(C)O[C@H]2COc2ccc3ccc(=O)oc3c2)OC1=O. The molecular weight excluding hydrogens is 340 g/mol. The van der Waals surface area contributed by atoms with Gasteiger partial charge < -0.3 is 23.7 Å². The molecule has 4 atom stereocenters. The lowest BCUT2D eigenvalue weighted by atomic mass is 9.94. The maximum atomic E-state index is 11.6. The fourth-order valence-electron chi connectivity index (χ4n) is 3.40. The van der Waals surface area contributed by atoms with E-state index < -0.39 is 22.8 Å². The Bertz CT molecular complexity index is 915. The Balaban J connectivity index is 1.35. The molecule has 2 fully saturated rings. The second-order valence-electron chi connectivity index (χ2n) is 7.39. The van der Waals surface area contributed by atoms with Crippen molar-refractivity contribution in [2.75, 3.05) is 6.61 Å². The number of hydrogen-bond donors (Lipinski definition) is 1. The van der Waals surface area contributed by atoms with Crippen molar-refractivity contribution in [2.45, 2.75) is 50.1 Å². The minimum atomic E-state index is -1.42. The Kier molecular flexibility index (Phi) is 3.82. The highest BCUT2D eigenvalue weighted by molar-refractivity contribution is 5.81. The Labute approximate surface area is 149 Å². The highest BCUT2D eigenvalue weighted by atomic mass is 16.6. The van der Waals surface area contributed by atoms with E-state index in [1.807, 2.05) is 13.0 Å². The largest absolute Gasteiger partial charge is 0.491 e. The lowest BCUT2D eigenvalue weighted by Gasteiger charge is -2.13. The van der Waals surface area contributed by atoms with Crippen molar-refractivity contribution in [1.29, 1.82) is 0 Å². The molecule has 26 heavy (non-hydrogen) atoms. The van der Waals surface area contributed by atoms with Crippen LogP contribution in [0.4, 0.5) is 0 Å². The topological polar surface area (TPSA) is 98.5 Å². The lowest BCUT2D eigenvalue weighted by Crippen LogP contribution is -2.29. The van der Waals surface area contributed by atoms with Gasteiger partial charge in [-0.15, -0.1) is 0 Å². The zero-order valence-corrected chi connectivity index (χ0v) is 14.6. The molecule has 0 bridgehead atoms. The highest BCUT2D eigenvalue weighted by Crippen LogP contribution is 2.43. The van der Waals surface area contributed by atoms with Crippen LogP contribution in [0.15, 0.2) is 39.5 Å². The molecule has 0 unspecified atom stereocenters. The first-order chi connectivity index (χ1) is 12.2. The van der Waals surface area contributed by atoms with Crippen LogP contribution in [0.1, 0.15) is 26.7 Å². The van der Waals surface area contributed by atoms with Crippen molar-refractivity contribution >= 4 is 16.9 Å². The number of esters is 1. The molecule has 7 heteroatoms. The number of epoxide rings is 1. The number of carbonyl (C=O) groups excluding carboxylic acids is 1. The Morgan fingerprint density at radius 2 is 2.00 bits per heavy atom. The fraction of sp³-hybridized carbons (Fsp3) is 0.474. The minimum Gasteiger partial charge on any atom is -0.491 e. The molecule has 138 valence electrons. The predicted molar refractivity (Wildman–Crippen MR) is 91.0 cm³/mol. The molecule has 7 nitrogen and oxygen atoms in total. The van der Waals surface area contributed by atoms with Gasteiger partial charge in [-0.2, -0.15) is 0 Å². The quantitative estimate of drug-likeness (QED) is 0.493. The van der Waals surface area contributed by atoms with Crippen molar-refractivity contribution in [3.05, 3.63) is 40.8 Å². The van der Waals surface area contributed by atoms with Gasteiger partial charge in [0.25, 0.3) is 0 Å². The molecule has 1 N–H and O–H groups in total. The second kappa shape index (κ2) is 5.82. The van der Waals surface area contributed by atoms with Gasteiger partial charge in [-0.25, -0.2) is 9.59 Å². The summed E-state index contributed by atoms with van der Waals surface area (Å²) in [7, 11) is 0. The van der Waals surface area contributed by atoms with E-state index in [1.165, 1.54) is 13.0 Å². The van der Waals surface area contributed by atoms with Gasteiger partial charge in [-0.3, -0.25) is 0 Å². The monoisotopic (exact) mass is 360 g/mol. The third kappa shape index (κ3) is 3.20. The number of carbonyl (C=O) groups is 1. The van der Waals surface area contributed by atoms with Crippen LogP contribution in [-0.4, -0.2) is 41.1 Å². The summed E-state index contributed by atoms with van der Waals surface area (Å²) < 4.78 is 21.8. The summed E-state index contributed by atoms with van der Waals surface area (Å²) in [6.45, 7) is 3.72. The molecule has 1 aromatic heterocycles. The van der Waals surface area contributed by atoms with Crippen molar-refractivity contribution in [1.82, 2.24) is 0 Å². The zero-order valence-electron chi connectivity index (χ0n) is 14.6. The number of hydrogen-bond acceptors (Lipinski definition) is 7. The van der Waals surface area contributed by atoms with Gasteiger partial charge in [0.15, 0.2) is 5.60 Å². The van der Waals surface area contributed by atoms with E-state index in [0.29, 0.717) is 24.4 Å². The summed E-state index contributed by atoms with van der Waals surface area (Å²) in [4.78, 5) is 22.9. The van der Waals surface area contributed by atoms with Crippen LogP contribution in [0.2, 0.25) is 0 Å². The average Bonchev–Trinajstić information content (AvgIpc) is 3.12. The number of fused-ring (bicyclic) bond motifs is 1. The number of cyclic esters (lactones) is 1. The molecule has 0 radical (unpaired) electrons. The van der Waals surface area contributed by atoms with Gasteiger partial charge in [0.1, 0.15) is 30.1 Å². The number of ether oxygens (including phenoxy) is 3. The lowest BCUT2D eigenvalue weighted by molar-refractivity contribution is -0.153. The molecule has 4 rings (SSSR count). The van der Waals surface area contributed by atoms with Gasteiger partial charge in [-0.05, 0) is 32.0 Å². The van der Waals surface area contributed by atoms with Crippen LogP contribution in [0.25, 0.3) is 11.0 Å². The van der Waals surface area contributed by atoms with Crippen molar-refractivity contribution < 1.29 is 28.5 Å². The smallest absolute Gasteiger partial charge is 0.338 e. The highest BCUT2D eigenvalue weighted by Gasteiger charge is 2.56. The Hall–Kier alpha value is -2.38. The third-order valence-electron chi connectivity index (χ3n) is 5.00. The van der Waals surface area contributed by atoms with Crippen LogP contribution >= 0.6 is 0 Å². The molecule has 2 saturated heterocycles. The van der Waals surface area contributed by atoms with Crippen molar-refractivity contribution in [2.24, 2.45) is 0 Å². The molecule has 2 aliphatic rings. The molecule has 0 aliphatic carbocycles. The maximum absolute atomic E-state index is 11.6. The number of benzene rings is 1. The summed E-state index contributed by atoms with van der Waals surface area (Å²) in [5.74, 6) is -0.00265. The van der Waals surface area contributed by atoms with E-state index >= 15 is 0 Å². The minimum absolute atomic E-state index is 0.134. The molecule has 0 amide bonds. The Morgan fingerprint density at radius 1 is 1.23 bits per heavy atom. The maximum Gasteiger partial charge on any atom is 0.338 e. The third-order valence-corrected chi connectivity index (χ3v) is 5.00. The summed E-state index contributed by atoms with van der Waals surface area (Å²) in [5.41, 5.74) is -1.81. The molecule has 1 aromatic carbocycles. The fourth-order valence-corrected chi connectivity index (χ4v) is 3.40. The van der Waals surface area contributed by atoms with E-state index in [9.17, 15) is 14.7 Å². The van der Waals surface area contributed by atoms with E-state index in [2.05, 4.69) is 0 Å². The van der Waals surface area contributed by atoms with Gasteiger partial charge in [0.05, 0.1) is 5.60 Å². The van der Waals surface area contributed by atoms with E-state index in [0.717, 1.165) is 5.39 Å². The standard InChI is InChI=1S/C19H20O7/c1-18(22)8-13(24-17(18)21)9-19(2)15(26-19)10-23-12-5-3-11-4-6-16(20)25-14(11)7-12/h3-7,13,15,22H,8-10H2,1-2H3/t13-,15+,18+,19-/m1/s1. The summed E-state index contributed by atoms with van der Waals surface area (Å²) >= 11 is 0. The van der Waals surface area contributed by atoms with Gasteiger partial charge in [-0.1, -0.05) is 0 Å². The molecule has 0 spiro atoms. The molecule has 0 saturated carbocycles. The molecular formula is C19H20O7. The van der Waals surface area contributed by atoms with Crippen molar-refractivity contribution in [3.8, 4) is 5.75 Å². The first kappa shape index (κ1) is 17.1. The van der Waals surface area contributed by atoms with E-state index in [1.54, 1.807) is 18.2 Å². The Morgan fingerprint density at radius 3 is 2.73 bits per heavy atom. The normalized spacial score (nSPS) is 33.3. The first-order valence-corrected chi connectivity index (χ1v) is 8.53. The molecule has 3 heterocycles. The van der Waals surface area contributed by atoms with Gasteiger partial charge >= 0.3 is 11.6 Å². The van der Waals surface area contributed by atoms with E-state index in [-0.39, 0.29) is 18.6 Å². The molecule has 2 aromatic rings. The summed E-state index contributed by atoms with van der Waals surface area (Å²) in [6, 6.07) is 8.37. The number of rotatable bonds is 5. The summed E-state index contributed by atoms with van der Waals surface area (Å²) in [6.07, 6.45) is 0.282. The van der Waals surface area contributed by atoms with Crippen LogP contribution in [0, 0.1) is 0 Å². The zero-order chi connectivity index (χ0) is 18.5. The second-order valence-corrected chi connectivity index (χ2v) is 7.39. The van der Waals surface area contributed by atoms with Crippen molar-refractivity contribution in [3.63, 3.8) is 0 Å². The van der Waals surface area contributed by atoms with Gasteiger partial charge in [0, 0.05) is 30.4 Å².